The Kier molecular flexibility index (Phi) is 7.50. The molecule has 0 radical (unpaired) electrons. The number of nitrogens with zero attached hydrogens (tertiary/aromatic N) is 1. The van der Waals surface area contributed by atoms with Gasteiger partial charge in [0, 0.05) is 19.6 Å². The van der Waals surface area contributed by atoms with Crippen molar-refractivity contribution in [3.63, 3.8) is 0 Å². The number of ether oxygens (including phenoxy) is 1. The molecule has 162 valence electrons. The zero-order valence-corrected chi connectivity index (χ0v) is 18.5. The van der Waals surface area contributed by atoms with Crippen molar-refractivity contribution in [2.24, 2.45) is 5.92 Å². The third-order valence-electron chi connectivity index (χ3n) is 5.48. The molecule has 1 N–H and O–H groups in total. The number of methoxy groups -OCH3 is 1. The number of carbonyl (C=O) groups is 1. The predicted octanol–water partition coefficient (Wildman–Crippen LogP) is 3.15. The van der Waals surface area contributed by atoms with E-state index in [2.05, 4.69) is 30.4 Å². The average molecular weight is 431 g/mol. The molecule has 0 saturated carbocycles. The lowest BCUT2D eigenvalue weighted by Gasteiger charge is -2.31. The number of amides is 1. The number of nitrogens with one attached hydrogen (secondary N) is 1. The van der Waals surface area contributed by atoms with Gasteiger partial charge < -0.3 is 10.1 Å². The van der Waals surface area contributed by atoms with Crippen LogP contribution in [0, 0.1) is 12.8 Å². The normalized spacial score (nSPS) is 17.5. The molecule has 1 aliphatic rings. The Morgan fingerprint density at radius 3 is 2.67 bits per heavy atom. The van der Waals surface area contributed by atoms with Crippen LogP contribution in [0.4, 0.5) is 0 Å². The second-order valence-electron chi connectivity index (χ2n) is 7.76. The fourth-order valence-corrected chi connectivity index (χ4v) is 5.31. The molecule has 1 amide bonds. The lowest BCUT2D eigenvalue weighted by atomic mass is 9.98. The van der Waals surface area contributed by atoms with Crippen molar-refractivity contribution in [2.45, 2.75) is 37.5 Å². The number of hydrogen-bond acceptors (Lipinski definition) is 4. The first-order valence-corrected chi connectivity index (χ1v) is 11.8. The number of sulfonamides is 1. The highest BCUT2D eigenvalue weighted by molar-refractivity contribution is 7.89. The van der Waals surface area contributed by atoms with Gasteiger partial charge in [-0.05, 0) is 62.4 Å². The van der Waals surface area contributed by atoms with Crippen LogP contribution in [0.25, 0.3) is 0 Å². The summed E-state index contributed by atoms with van der Waals surface area (Å²) in [5, 5.41) is 2.99. The first kappa shape index (κ1) is 22.3. The van der Waals surface area contributed by atoms with E-state index < -0.39 is 10.0 Å². The summed E-state index contributed by atoms with van der Waals surface area (Å²) in [5.41, 5.74) is 2.50. The van der Waals surface area contributed by atoms with Crippen LogP contribution < -0.4 is 10.1 Å². The van der Waals surface area contributed by atoms with Gasteiger partial charge in [-0.15, -0.1) is 0 Å². The highest BCUT2D eigenvalue weighted by Crippen LogP contribution is 2.25. The van der Waals surface area contributed by atoms with Crippen molar-refractivity contribution in [3.8, 4) is 5.75 Å². The van der Waals surface area contributed by atoms with E-state index in [1.807, 2.05) is 6.07 Å². The van der Waals surface area contributed by atoms with Gasteiger partial charge in [-0.2, -0.15) is 4.31 Å². The zero-order chi connectivity index (χ0) is 21.6. The van der Waals surface area contributed by atoms with Gasteiger partial charge in [0.05, 0.1) is 17.9 Å². The van der Waals surface area contributed by atoms with Crippen molar-refractivity contribution in [1.82, 2.24) is 9.62 Å². The van der Waals surface area contributed by atoms with E-state index in [-0.39, 0.29) is 23.3 Å². The van der Waals surface area contributed by atoms with Crippen LogP contribution >= 0.6 is 0 Å². The van der Waals surface area contributed by atoms with Gasteiger partial charge in [-0.3, -0.25) is 4.79 Å². The maximum Gasteiger partial charge on any atom is 0.243 e. The molecule has 0 bridgehead atoms. The number of carbonyl (C=O) groups excluding carboxylic acids is 1. The summed E-state index contributed by atoms with van der Waals surface area (Å²) in [6.07, 6.45) is 3.15. The molecule has 6 nitrogen and oxygen atoms in total. The van der Waals surface area contributed by atoms with Gasteiger partial charge in [-0.25, -0.2) is 8.42 Å². The van der Waals surface area contributed by atoms with Crippen LogP contribution in [0.3, 0.4) is 0 Å². The summed E-state index contributed by atoms with van der Waals surface area (Å²) in [4.78, 5) is 12.8. The lowest BCUT2D eigenvalue weighted by molar-refractivity contribution is -0.126. The van der Waals surface area contributed by atoms with Gasteiger partial charge in [0.15, 0.2) is 0 Å². The van der Waals surface area contributed by atoms with Crippen LogP contribution in [-0.2, 0) is 21.2 Å². The van der Waals surface area contributed by atoms with E-state index in [9.17, 15) is 13.2 Å². The van der Waals surface area contributed by atoms with Crippen molar-refractivity contribution >= 4 is 15.9 Å². The van der Waals surface area contributed by atoms with E-state index in [0.29, 0.717) is 31.7 Å². The molecule has 2 aromatic carbocycles. The smallest absolute Gasteiger partial charge is 0.243 e. The Morgan fingerprint density at radius 2 is 1.97 bits per heavy atom. The minimum atomic E-state index is -3.62. The summed E-state index contributed by atoms with van der Waals surface area (Å²) in [7, 11) is -2.08. The number of hydrogen-bond donors (Lipinski definition) is 1. The number of aryl methyl sites for hydroxylation is 2. The van der Waals surface area contributed by atoms with E-state index >= 15 is 0 Å². The molecule has 2 aromatic rings. The SMILES string of the molecule is COc1ccc(S(=O)(=O)N2CCC[C@@H](C(=O)NCCCc3cccc(C)c3)C2)cc1. The molecule has 1 atom stereocenters. The second kappa shape index (κ2) is 10.1. The molecule has 0 spiro atoms. The Morgan fingerprint density at radius 1 is 1.20 bits per heavy atom. The van der Waals surface area contributed by atoms with Gasteiger partial charge in [-0.1, -0.05) is 29.8 Å². The first-order chi connectivity index (χ1) is 14.4. The van der Waals surface area contributed by atoms with Crippen molar-refractivity contribution < 1.29 is 17.9 Å². The van der Waals surface area contributed by atoms with Gasteiger partial charge in [0.1, 0.15) is 5.75 Å². The molecule has 0 aromatic heterocycles. The molecule has 1 heterocycles. The summed E-state index contributed by atoms with van der Waals surface area (Å²) in [6, 6.07) is 14.7. The average Bonchev–Trinajstić information content (AvgIpc) is 2.77. The second-order valence-corrected chi connectivity index (χ2v) is 9.70. The van der Waals surface area contributed by atoms with Crippen molar-refractivity contribution in [2.75, 3.05) is 26.7 Å². The van der Waals surface area contributed by atoms with Crippen molar-refractivity contribution in [1.29, 1.82) is 0 Å². The molecular formula is C23H30N2O4S. The Bertz CT molecular complexity index is 957. The van der Waals surface area contributed by atoms with E-state index in [1.165, 1.54) is 22.5 Å². The van der Waals surface area contributed by atoms with Crippen LogP contribution in [-0.4, -0.2) is 45.4 Å². The molecule has 3 rings (SSSR count). The van der Waals surface area contributed by atoms with E-state index in [4.69, 9.17) is 4.74 Å². The maximum absolute atomic E-state index is 13.0. The third kappa shape index (κ3) is 5.61. The largest absolute Gasteiger partial charge is 0.497 e. The molecule has 0 unspecified atom stereocenters. The van der Waals surface area contributed by atoms with Gasteiger partial charge >= 0.3 is 0 Å². The highest BCUT2D eigenvalue weighted by atomic mass is 32.2. The van der Waals surface area contributed by atoms with Gasteiger partial charge in [0.2, 0.25) is 15.9 Å². The standard InChI is InChI=1S/C23H30N2O4S/c1-18-6-3-7-19(16-18)8-4-14-24-23(26)20-9-5-15-25(17-20)30(27,28)22-12-10-21(29-2)11-13-22/h3,6-7,10-13,16,20H,4-5,8-9,14-15,17H2,1-2H3,(H,24,26)/t20-/m1/s1. The van der Waals surface area contributed by atoms with Crippen LogP contribution in [0.15, 0.2) is 53.4 Å². The lowest BCUT2D eigenvalue weighted by Crippen LogP contribution is -2.45. The summed E-state index contributed by atoms with van der Waals surface area (Å²) in [5.74, 6) is 0.232. The van der Waals surface area contributed by atoms with Crippen LogP contribution in [0.1, 0.15) is 30.4 Å². The maximum atomic E-state index is 13.0. The first-order valence-electron chi connectivity index (χ1n) is 10.4. The van der Waals surface area contributed by atoms with Crippen LogP contribution in [0.2, 0.25) is 0 Å². The summed E-state index contributed by atoms with van der Waals surface area (Å²) in [6.45, 7) is 3.32. The Balaban J connectivity index is 1.52. The number of benzene rings is 2. The monoisotopic (exact) mass is 430 g/mol. The van der Waals surface area contributed by atoms with Gasteiger partial charge in [0.25, 0.3) is 0 Å². The highest BCUT2D eigenvalue weighted by Gasteiger charge is 2.33. The molecule has 1 saturated heterocycles. The molecule has 30 heavy (non-hydrogen) atoms. The molecule has 1 aliphatic heterocycles. The Labute approximate surface area is 179 Å². The third-order valence-corrected chi connectivity index (χ3v) is 7.36. The summed E-state index contributed by atoms with van der Waals surface area (Å²) < 4.78 is 32.4. The van der Waals surface area contributed by atoms with E-state index in [0.717, 1.165) is 12.8 Å². The predicted molar refractivity (Wildman–Crippen MR) is 117 cm³/mol. The van der Waals surface area contributed by atoms with Crippen LogP contribution in [0.5, 0.6) is 5.75 Å². The molecule has 1 fully saturated rings. The van der Waals surface area contributed by atoms with Crippen molar-refractivity contribution in [3.05, 3.63) is 59.7 Å². The number of rotatable bonds is 8. The fraction of sp³-hybridized carbons (Fsp3) is 0.435. The zero-order valence-electron chi connectivity index (χ0n) is 17.6. The number of piperidine rings is 1. The molecule has 7 heteroatoms. The fourth-order valence-electron chi connectivity index (χ4n) is 3.79. The topological polar surface area (TPSA) is 75.7 Å². The minimum absolute atomic E-state index is 0.0612. The molecular weight excluding hydrogens is 400 g/mol. The molecule has 0 aliphatic carbocycles. The minimum Gasteiger partial charge on any atom is -0.497 e. The van der Waals surface area contributed by atoms with E-state index in [1.54, 1.807) is 24.3 Å². The quantitative estimate of drug-likeness (QED) is 0.653. The summed E-state index contributed by atoms with van der Waals surface area (Å²) >= 11 is 0. The Hall–Kier alpha value is -2.38.